The number of esters is 1. The standard InChI is InChI=1S/C22H23N3O3S/c1-12-10-13(2)24-21-17(12)18(23)20(29-21)22(27)28-11-16(26)25-19(15-8-9-15)14-6-4-3-5-7-14/h3-7,10,15,19H,8-9,11,23H2,1-2H3,(H,25,26). The smallest absolute Gasteiger partial charge is 0.351 e. The SMILES string of the molecule is Cc1cc(C)c2c(N)c(C(=O)OCC(=O)NC(c3ccccc3)C3CC3)sc2n1. The predicted molar refractivity (Wildman–Crippen MR) is 114 cm³/mol. The molecule has 0 bridgehead atoms. The van der Waals surface area contributed by atoms with Crippen molar-refractivity contribution in [2.45, 2.75) is 32.7 Å². The van der Waals surface area contributed by atoms with E-state index in [0.29, 0.717) is 16.4 Å². The monoisotopic (exact) mass is 409 g/mol. The van der Waals surface area contributed by atoms with Gasteiger partial charge in [-0.05, 0) is 49.8 Å². The number of rotatable bonds is 6. The van der Waals surface area contributed by atoms with Gasteiger partial charge in [0.15, 0.2) is 6.61 Å². The van der Waals surface area contributed by atoms with Crippen molar-refractivity contribution in [3.63, 3.8) is 0 Å². The van der Waals surface area contributed by atoms with Crippen LogP contribution in [-0.4, -0.2) is 23.5 Å². The summed E-state index contributed by atoms with van der Waals surface area (Å²) >= 11 is 1.20. The molecule has 6 nitrogen and oxygen atoms in total. The molecule has 3 N–H and O–H groups in total. The molecule has 0 spiro atoms. The molecule has 150 valence electrons. The molecule has 1 aromatic carbocycles. The molecule has 2 aromatic heterocycles. The van der Waals surface area contributed by atoms with Gasteiger partial charge in [0, 0.05) is 11.1 Å². The van der Waals surface area contributed by atoms with Crippen molar-refractivity contribution in [2.24, 2.45) is 5.92 Å². The summed E-state index contributed by atoms with van der Waals surface area (Å²) in [6.07, 6.45) is 2.17. The number of nitrogens with zero attached hydrogens (tertiary/aromatic N) is 1. The maximum Gasteiger partial charge on any atom is 0.351 e. The number of carbonyl (C=O) groups is 2. The predicted octanol–water partition coefficient (Wildman–Crippen LogP) is 3.92. The molecule has 1 aliphatic carbocycles. The Hall–Kier alpha value is -2.93. The summed E-state index contributed by atoms with van der Waals surface area (Å²) in [6, 6.07) is 11.7. The fraction of sp³-hybridized carbons (Fsp3) is 0.318. The molecule has 1 atom stereocenters. The normalized spacial score (nSPS) is 14.6. The number of carbonyl (C=O) groups excluding carboxylic acids is 2. The molecule has 1 unspecified atom stereocenters. The van der Waals surface area contributed by atoms with Gasteiger partial charge in [-0.1, -0.05) is 30.3 Å². The number of pyridine rings is 1. The maximum atomic E-state index is 12.5. The van der Waals surface area contributed by atoms with Crippen LogP contribution in [0, 0.1) is 19.8 Å². The Morgan fingerprint density at radius 3 is 2.69 bits per heavy atom. The lowest BCUT2D eigenvalue weighted by atomic mass is 10.0. The van der Waals surface area contributed by atoms with Crippen LogP contribution in [0.15, 0.2) is 36.4 Å². The number of fused-ring (bicyclic) bond motifs is 1. The fourth-order valence-electron chi connectivity index (χ4n) is 3.60. The van der Waals surface area contributed by atoms with Gasteiger partial charge in [0.2, 0.25) is 0 Å². The average Bonchev–Trinajstić information content (AvgIpc) is 3.48. The number of nitrogens with one attached hydrogen (secondary N) is 1. The summed E-state index contributed by atoms with van der Waals surface area (Å²) < 4.78 is 5.26. The van der Waals surface area contributed by atoms with E-state index in [9.17, 15) is 9.59 Å². The first-order chi connectivity index (χ1) is 13.9. The van der Waals surface area contributed by atoms with Crippen LogP contribution in [0.2, 0.25) is 0 Å². The van der Waals surface area contributed by atoms with E-state index in [0.717, 1.165) is 35.0 Å². The molecule has 4 rings (SSSR count). The summed E-state index contributed by atoms with van der Waals surface area (Å²) in [7, 11) is 0. The number of ether oxygens (including phenoxy) is 1. The van der Waals surface area contributed by atoms with Crippen LogP contribution in [0.5, 0.6) is 0 Å². The van der Waals surface area contributed by atoms with Crippen molar-refractivity contribution in [1.82, 2.24) is 10.3 Å². The van der Waals surface area contributed by atoms with Crippen LogP contribution in [0.3, 0.4) is 0 Å². The third-order valence-corrected chi connectivity index (χ3v) is 6.19. The molecule has 29 heavy (non-hydrogen) atoms. The van der Waals surface area contributed by atoms with Gasteiger partial charge in [-0.15, -0.1) is 11.3 Å². The molecule has 1 amide bonds. The number of nitrogens with two attached hydrogens (primary N) is 1. The van der Waals surface area contributed by atoms with Crippen LogP contribution in [0.4, 0.5) is 5.69 Å². The lowest BCUT2D eigenvalue weighted by Gasteiger charge is -2.18. The second kappa shape index (κ2) is 7.83. The Labute approximate surface area is 173 Å². The minimum absolute atomic E-state index is 0.0494. The average molecular weight is 410 g/mol. The van der Waals surface area contributed by atoms with Gasteiger partial charge in [0.05, 0.1) is 11.7 Å². The molecule has 1 fully saturated rings. The molecule has 2 heterocycles. The second-order valence-corrected chi connectivity index (χ2v) is 8.47. The first kappa shape index (κ1) is 19.4. The first-order valence-corrected chi connectivity index (χ1v) is 10.4. The van der Waals surface area contributed by atoms with Gasteiger partial charge in [-0.3, -0.25) is 4.79 Å². The van der Waals surface area contributed by atoms with E-state index in [-0.39, 0.29) is 23.4 Å². The molecular formula is C22H23N3O3S. The molecular weight excluding hydrogens is 386 g/mol. The van der Waals surface area contributed by atoms with Gasteiger partial charge < -0.3 is 15.8 Å². The topological polar surface area (TPSA) is 94.3 Å². The number of nitrogen functional groups attached to an aromatic ring is 1. The van der Waals surface area contributed by atoms with E-state index in [2.05, 4.69) is 10.3 Å². The number of aromatic nitrogens is 1. The number of anilines is 1. The minimum Gasteiger partial charge on any atom is -0.451 e. The largest absolute Gasteiger partial charge is 0.451 e. The van der Waals surface area contributed by atoms with Crippen LogP contribution < -0.4 is 11.1 Å². The highest BCUT2D eigenvalue weighted by Gasteiger charge is 2.33. The van der Waals surface area contributed by atoms with Gasteiger partial charge in [-0.2, -0.15) is 0 Å². The maximum absolute atomic E-state index is 12.5. The molecule has 3 aromatic rings. The van der Waals surface area contributed by atoms with Gasteiger partial charge in [-0.25, -0.2) is 9.78 Å². The van der Waals surface area contributed by atoms with Gasteiger partial charge in [0.25, 0.3) is 5.91 Å². The van der Waals surface area contributed by atoms with Gasteiger partial charge >= 0.3 is 5.97 Å². The zero-order valence-electron chi connectivity index (χ0n) is 16.4. The Bertz CT molecular complexity index is 1070. The van der Waals surface area contributed by atoms with Crippen molar-refractivity contribution in [3.05, 3.63) is 58.1 Å². The summed E-state index contributed by atoms with van der Waals surface area (Å²) in [5.41, 5.74) is 9.43. The van der Waals surface area contributed by atoms with Crippen molar-refractivity contribution in [2.75, 3.05) is 12.3 Å². The lowest BCUT2D eigenvalue weighted by molar-refractivity contribution is -0.125. The minimum atomic E-state index is -0.597. The molecule has 1 aliphatic rings. The van der Waals surface area contributed by atoms with Crippen molar-refractivity contribution in [3.8, 4) is 0 Å². The summed E-state index contributed by atoms with van der Waals surface area (Å²) in [5, 5.41) is 3.78. The molecule has 1 saturated carbocycles. The molecule has 0 radical (unpaired) electrons. The third kappa shape index (κ3) is 4.10. The molecule has 7 heteroatoms. The van der Waals surface area contributed by atoms with Gasteiger partial charge in [0.1, 0.15) is 9.71 Å². The van der Waals surface area contributed by atoms with E-state index in [1.807, 2.05) is 50.2 Å². The number of hydrogen-bond donors (Lipinski definition) is 2. The molecule has 0 saturated heterocycles. The Kier molecular flexibility index (Phi) is 5.24. The van der Waals surface area contributed by atoms with E-state index in [1.54, 1.807) is 0 Å². The second-order valence-electron chi connectivity index (χ2n) is 7.47. The Morgan fingerprint density at radius 2 is 2.00 bits per heavy atom. The number of hydrogen-bond acceptors (Lipinski definition) is 6. The molecule has 0 aliphatic heterocycles. The highest BCUT2D eigenvalue weighted by atomic mass is 32.1. The summed E-state index contributed by atoms with van der Waals surface area (Å²) in [6.45, 7) is 3.49. The number of amides is 1. The zero-order chi connectivity index (χ0) is 20.5. The van der Waals surface area contributed by atoms with Crippen LogP contribution in [0.25, 0.3) is 10.2 Å². The van der Waals surface area contributed by atoms with E-state index < -0.39 is 5.97 Å². The highest BCUT2D eigenvalue weighted by molar-refractivity contribution is 7.21. The van der Waals surface area contributed by atoms with Crippen molar-refractivity contribution in [1.29, 1.82) is 0 Å². The van der Waals surface area contributed by atoms with E-state index in [4.69, 9.17) is 10.5 Å². The highest BCUT2D eigenvalue weighted by Crippen LogP contribution is 2.41. The Balaban J connectivity index is 1.43. The van der Waals surface area contributed by atoms with Crippen molar-refractivity contribution < 1.29 is 14.3 Å². The summed E-state index contributed by atoms with van der Waals surface area (Å²) in [4.78, 5) is 30.4. The zero-order valence-corrected chi connectivity index (χ0v) is 17.2. The number of aryl methyl sites for hydroxylation is 2. The van der Waals surface area contributed by atoms with Crippen molar-refractivity contribution >= 4 is 39.1 Å². The van der Waals surface area contributed by atoms with Crippen LogP contribution in [-0.2, 0) is 9.53 Å². The lowest BCUT2D eigenvalue weighted by Crippen LogP contribution is -2.33. The number of thiophene rings is 1. The van der Waals surface area contributed by atoms with E-state index >= 15 is 0 Å². The third-order valence-electron chi connectivity index (χ3n) is 5.11. The van der Waals surface area contributed by atoms with E-state index in [1.165, 1.54) is 11.3 Å². The quantitative estimate of drug-likeness (QED) is 0.602. The summed E-state index contributed by atoms with van der Waals surface area (Å²) in [5.74, 6) is -0.475. The fourth-order valence-corrected chi connectivity index (χ4v) is 4.71. The Morgan fingerprint density at radius 1 is 1.28 bits per heavy atom. The van der Waals surface area contributed by atoms with Crippen LogP contribution >= 0.6 is 11.3 Å². The van der Waals surface area contributed by atoms with Crippen LogP contribution in [0.1, 0.15) is 45.4 Å². The first-order valence-electron chi connectivity index (χ1n) is 9.61. The number of benzene rings is 1.